The molecule has 6 atom stereocenters. The van der Waals surface area contributed by atoms with E-state index >= 15 is 0 Å². The molecule has 0 aliphatic carbocycles. The Morgan fingerprint density at radius 2 is 2.16 bits per heavy atom. The van der Waals surface area contributed by atoms with E-state index in [4.69, 9.17) is 14.7 Å². The van der Waals surface area contributed by atoms with Gasteiger partial charge in [0.25, 0.3) is 0 Å². The van der Waals surface area contributed by atoms with Gasteiger partial charge in [0.1, 0.15) is 0 Å². The Bertz CT molecular complexity index is 352. The number of rotatable bonds is 4. The van der Waals surface area contributed by atoms with Crippen molar-refractivity contribution in [2.24, 2.45) is 5.92 Å². The summed E-state index contributed by atoms with van der Waals surface area (Å²) in [6, 6.07) is 2.28. The molecule has 108 valence electrons. The molecule has 0 bridgehead atoms. The lowest BCUT2D eigenvalue weighted by Gasteiger charge is -2.42. The first-order valence-electron chi connectivity index (χ1n) is 7.41. The smallest absolute Gasteiger partial charge is 0.0969 e. The maximum atomic E-state index is 9.73. The monoisotopic (exact) mass is 267 g/mol. The van der Waals surface area contributed by atoms with Crippen LogP contribution in [-0.2, 0) is 9.47 Å². The molecule has 2 aliphatic rings. The van der Waals surface area contributed by atoms with Crippen LogP contribution in [0.15, 0.2) is 0 Å². The lowest BCUT2D eigenvalue weighted by molar-refractivity contribution is -0.171. The SMILES string of the molecule is CC[C@]12C[C@H]([C@@H](C)O)O[C@H]1CC[C@H](C[C@@H](C)C#N)O2. The van der Waals surface area contributed by atoms with Crippen LogP contribution in [0, 0.1) is 17.2 Å². The molecule has 19 heavy (non-hydrogen) atoms. The van der Waals surface area contributed by atoms with Gasteiger partial charge in [0, 0.05) is 12.3 Å². The van der Waals surface area contributed by atoms with Gasteiger partial charge in [-0.25, -0.2) is 0 Å². The fraction of sp³-hybridized carbons (Fsp3) is 0.933. The highest BCUT2D eigenvalue weighted by molar-refractivity contribution is 5.02. The first-order chi connectivity index (χ1) is 9.00. The van der Waals surface area contributed by atoms with Crippen LogP contribution in [0.25, 0.3) is 0 Å². The number of hydrogen-bond donors (Lipinski definition) is 1. The van der Waals surface area contributed by atoms with Crippen molar-refractivity contribution in [3.8, 4) is 6.07 Å². The molecular weight excluding hydrogens is 242 g/mol. The molecule has 0 aromatic carbocycles. The highest BCUT2D eigenvalue weighted by Crippen LogP contribution is 2.45. The summed E-state index contributed by atoms with van der Waals surface area (Å²) < 4.78 is 12.3. The van der Waals surface area contributed by atoms with E-state index in [1.807, 2.05) is 6.92 Å². The van der Waals surface area contributed by atoms with E-state index < -0.39 is 6.10 Å². The maximum absolute atomic E-state index is 9.73. The second-order valence-electron chi connectivity index (χ2n) is 6.11. The molecule has 0 radical (unpaired) electrons. The lowest BCUT2D eigenvalue weighted by Crippen LogP contribution is -2.48. The fourth-order valence-electron chi connectivity index (χ4n) is 3.39. The van der Waals surface area contributed by atoms with E-state index in [0.29, 0.717) is 0 Å². The molecule has 2 fully saturated rings. The minimum Gasteiger partial charge on any atom is -0.391 e. The van der Waals surface area contributed by atoms with Crippen LogP contribution in [0.3, 0.4) is 0 Å². The Morgan fingerprint density at radius 3 is 2.74 bits per heavy atom. The van der Waals surface area contributed by atoms with Gasteiger partial charge in [-0.1, -0.05) is 6.92 Å². The molecule has 2 aliphatic heterocycles. The second-order valence-corrected chi connectivity index (χ2v) is 6.11. The van der Waals surface area contributed by atoms with Crippen LogP contribution in [0.5, 0.6) is 0 Å². The predicted molar refractivity (Wildman–Crippen MR) is 71.5 cm³/mol. The van der Waals surface area contributed by atoms with Crippen LogP contribution >= 0.6 is 0 Å². The van der Waals surface area contributed by atoms with E-state index in [0.717, 1.165) is 32.1 Å². The Hall–Kier alpha value is -0.630. The Morgan fingerprint density at radius 1 is 1.42 bits per heavy atom. The van der Waals surface area contributed by atoms with Gasteiger partial charge in [0.05, 0.1) is 36.1 Å². The molecule has 2 heterocycles. The molecule has 0 amide bonds. The summed E-state index contributed by atoms with van der Waals surface area (Å²) >= 11 is 0. The first-order valence-corrected chi connectivity index (χ1v) is 7.41. The molecule has 4 nitrogen and oxygen atoms in total. The van der Waals surface area contributed by atoms with Gasteiger partial charge in [-0.15, -0.1) is 0 Å². The molecule has 0 saturated carbocycles. The molecule has 1 N–H and O–H groups in total. The number of hydrogen-bond acceptors (Lipinski definition) is 4. The Kier molecular flexibility index (Phi) is 4.50. The van der Waals surface area contributed by atoms with E-state index in [1.165, 1.54) is 0 Å². The molecule has 0 unspecified atom stereocenters. The zero-order valence-corrected chi connectivity index (χ0v) is 12.1. The highest BCUT2D eigenvalue weighted by Gasteiger charge is 2.52. The molecule has 2 rings (SSSR count). The number of aliphatic hydroxyl groups excluding tert-OH is 1. The summed E-state index contributed by atoms with van der Waals surface area (Å²) in [6.45, 7) is 5.84. The van der Waals surface area contributed by atoms with Crippen molar-refractivity contribution in [1.29, 1.82) is 5.26 Å². The van der Waals surface area contributed by atoms with Crippen molar-refractivity contribution in [3.05, 3.63) is 0 Å². The van der Waals surface area contributed by atoms with E-state index in [2.05, 4.69) is 13.0 Å². The number of nitriles is 1. The molecule has 0 aromatic heterocycles. The summed E-state index contributed by atoms with van der Waals surface area (Å²) in [6.07, 6.45) is 4.08. The van der Waals surface area contributed by atoms with Crippen molar-refractivity contribution >= 4 is 0 Å². The largest absolute Gasteiger partial charge is 0.391 e. The minimum atomic E-state index is -0.450. The predicted octanol–water partition coefficient (Wildman–Crippen LogP) is 2.40. The molecule has 4 heteroatoms. The van der Waals surface area contributed by atoms with Gasteiger partial charge in [0.15, 0.2) is 0 Å². The second kappa shape index (κ2) is 5.78. The van der Waals surface area contributed by atoms with Crippen LogP contribution in [0.4, 0.5) is 0 Å². The summed E-state index contributed by atoms with van der Waals surface area (Å²) in [5.41, 5.74) is -0.250. The number of nitrogens with zero attached hydrogens (tertiary/aromatic N) is 1. The van der Waals surface area contributed by atoms with Crippen molar-refractivity contribution < 1.29 is 14.6 Å². The van der Waals surface area contributed by atoms with Gasteiger partial charge in [-0.05, 0) is 39.5 Å². The van der Waals surface area contributed by atoms with Gasteiger partial charge in [-0.2, -0.15) is 5.26 Å². The third-order valence-corrected chi connectivity index (χ3v) is 4.60. The first kappa shape index (κ1) is 14.8. The van der Waals surface area contributed by atoms with Crippen molar-refractivity contribution in [2.75, 3.05) is 0 Å². The molecule has 0 aromatic rings. The van der Waals surface area contributed by atoms with Crippen LogP contribution < -0.4 is 0 Å². The zero-order chi connectivity index (χ0) is 14.0. The Balaban J connectivity index is 2.04. The topological polar surface area (TPSA) is 62.5 Å². The average Bonchev–Trinajstić information content (AvgIpc) is 2.78. The van der Waals surface area contributed by atoms with E-state index in [-0.39, 0.29) is 29.8 Å². The standard InChI is InChI=1S/C15H25NO3/c1-4-15-8-13(11(3)17)18-14(15)6-5-12(19-15)7-10(2)9-16/h10-14,17H,4-8H2,1-3H3/t10-,11-,12-,13-,14+,15+/m1/s1. The van der Waals surface area contributed by atoms with Gasteiger partial charge in [0.2, 0.25) is 0 Å². The molecular formula is C15H25NO3. The Labute approximate surface area is 115 Å². The summed E-state index contributed by atoms with van der Waals surface area (Å²) in [5.74, 6) is 0.0327. The van der Waals surface area contributed by atoms with Crippen LogP contribution in [0.2, 0.25) is 0 Å². The molecule has 0 spiro atoms. The van der Waals surface area contributed by atoms with E-state index in [1.54, 1.807) is 6.92 Å². The third-order valence-electron chi connectivity index (χ3n) is 4.60. The van der Waals surface area contributed by atoms with Gasteiger partial charge in [-0.3, -0.25) is 0 Å². The van der Waals surface area contributed by atoms with Gasteiger partial charge >= 0.3 is 0 Å². The quantitative estimate of drug-likeness (QED) is 0.849. The zero-order valence-electron chi connectivity index (χ0n) is 12.1. The lowest BCUT2D eigenvalue weighted by atomic mass is 9.83. The number of fused-ring (bicyclic) bond motifs is 1. The summed E-state index contributed by atoms with van der Waals surface area (Å²) in [7, 11) is 0. The van der Waals surface area contributed by atoms with Crippen molar-refractivity contribution in [1.82, 2.24) is 0 Å². The minimum absolute atomic E-state index is 0.0327. The third kappa shape index (κ3) is 2.94. The van der Waals surface area contributed by atoms with Crippen molar-refractivity contribution in [2.45, 2.75) is 82.9 Å². The van der Waals surface area contributed by atoms with Crippen molar-refractivity contribution in [3.63, 3.8) is 0 Å². The summed E-state index contributed by atoms with van der Waals surface area (Å²) in [4.78, 5) is 0. The average molecular weight is 267 g/mol. The number of ether oxygens (including phenoxy) is 2. The fourth-order valence-corrected chi connectivity index (χ4v) is 3.39. The van der Waals surface area contributed by atoms with Crippen LogP contribution in [-0.4, -0.2) is 35.1 Å². The van der Waals surface area contributed by atoms with Gasteiger partial charge < -0.3 is 14.6 Å². The van der Waals surface area contributed by atoms with Crippen LogP contribution in [0.1, 0.15) is 52.9 Å². The highest BCUT2D eigenvalue weighted by atomic mass is 16.6. The normalized spacial score (nSPS) is 41.3. The maximum Gasteiger partial charge on any atom is 0.0969 e. The molecule has 2 saturated heterocycles. The van der Waals surface area contributed by atoms with E-state index in [9.17, 15) is 5.11 Å². The summed E-state index contributed by atoms with van der Waals surface area (Å²) in [5, 5.41) is 18.7. The number of aliphatic hydroxyl groups is 1.